The Morgan fingerprint density at radius 1 is 1.18 bits per heavy atom. The Kier molecular flexibility index (Phi) is 7.37. The van der Waals surface area contributed by atoms with Crippen molar-refractivity contribution in [2.24, 2.45) is 23.7 Å². The van der Waals surface area contributed by atoms with Crippen molar-refractivity contribution in [2.45, 2.75) is 89.2 Å². The maximum Gasteiger partial charge on any atom is 0.326 e. The quantitative estimate of drug-likeness (QED) is 0.480. The van der Waals surface area contributed by atoms with Gasteiger partial charge in [0.2, 0.25) is 5.91 Å². The molecule has 7 heteroatoms. The average Bonchev–Trinajstić information content (AvgIpc) is 2.84. The summed E-state index contributed by atoms with van der Waals surface area (Å²) in [7, 11) is 0. The molecule has 2 bridgehead atoms. The Bertz CT molecular complexity index is 877. The van der Waals surface area contributed by atoms with Gasteiger partial charge in [0, 0.05) is 31.2 Å². The fraction of sp³-hybridized carbons (Fsp3) is 0.741. The number of aryl methyl sites for hydroxylation is 2. The molecule has 1 aliphatic heterocycles. The zero-order valence-electron chi connectivity index (χ0n) is 20.1. The largest absolute Gasteiger partial charge is 0.480 e. The van der Waals surface area contributed by atoms with Crippen LogP contribution in [0.4, 0.5) is 5.82 Å². The lowest BCUT2D eigenvalue weighted by atomic mass is 9.64. The summed E-state index contributed by atoms with van der Waals surface area (Å²) in [5.74, 6) is 1.78. The first-order chi connectivity index (χ1) is 16.5. The number of hydrogen-bond acceptors (Lipinski definition) is 5. The van der Waals surface area contributed by atoms with Crippen LogP contribution in [0.3, 0.4) is 0 Å². The first-order valence-corrected chi connectivity index (χ1v) is 13.4. The molecule has 6 rings (SSSR count). The number of carbonyl (C=O) groups excluding carboxylic acids is 1. The molecule has 4 fully saturated rings. The molecule has 2 atom stereocenters. The minimum atomic E-state index is -0.962. The number of rotatable bonds is 10. The zero-order chi connectivity index (χ0) is 23.5. The second-order valence-corrected chi connectivity index (χ2v) is 11.0. The van der Waals surface area contributed by atoms with Crippen molar-refractivity contribution in [3.05, 3.63) is 23.4 Å². The topological polar surface area (TPSA) is 101 Å². The molecule has 0 aromatic carbocycles. The number of hydrogen-bond donors (Lipinski definition) is 3. The second-order valence-electron chi connectivity index (χ2n) is 11.0. The molecule has 2 heterocycles. The Hall–Kier alpha value is -2.15. The number of amides is 1. The Balaban J connectivity index is 0.990. The number of aliphatic carboxylic acids is 1. The van der Waals surface area contributed by atoms with Crippen molar-refractivity contribution in [1.29, 1.82) is 0 Å². The van der Waals surface area contributed by atoms with Crippen LogP contribution in [0, 0.1) is 23.7 Å². The molecule has 0 spiro atoms. The van der Waals surface area contributed by atoms with Crippen molar-refractivity contribution in [3.63, 3.8) is 0 Å². The van der Waals surface area contributed by atoms with Crippen LogP contribution in [0.1, 0.15) is 75.5 Å². The number of carboxylic acids is 1. The first-order valence-electron chi connectivity index (χ1n) is 13.4. The molecule has 1 aromatic heterocycles. The SMILES string of the molecule is O=C(O)C(CCO[C@H]1C[C@H](CCc2ccc3c(n2)NCCC3)C1)NC(=O)C1CC2CCC1CC2. The summed E-state index contributed by atoms with van der Waals surface area (Å²) in [5, 5.41) is 15.8. The highest BCUT2D eigenvalue weighted by Crippen LogP contribution is 2.45. The molecular formula is C27H39N3O4. The number of carbonyl (C=O) groups is 2. The maximum atomic E-state index is 12.8. The molecule has 34 heavy (non-hydrogen) atoms. The van der Waals surface area contributed by atoms with E-state index in [0.29, 0.717) is 30.8 Å². The third-order valence-electron chi connectivity index (χ3n) is 8.71. The number of carboxylic acid groups (broad SMARTS) is 1. The number of aromatic nitrogens is 1. The normalized spacial score (nSPS) is 30.5. The summed E-state index contributed by atoms with van der Waals surface area (Å²) in [6.07, 6.45) is 12.6. The molecule has 4 saturated carbocycles. The van der Waals surface area contributed by atoms with E-state index < -0.39 is 12.0 Å². The second kappa shape index (κ2) is 10.6. The Morgan fingerprint density at radius 2 is 2.00 bits per heavy atom. The summed E-state index contributed by atoms with van der Waals surface area (Å²) >= 11 is 0. The molecule has 0 saturated heterocycles. The van der Waals surface area contributed by atoms with Gasteiger partial charge in [-0.2, -0.15) is 0 Å². The summed E-state index contributed by atoms with van der Waals surface area (Å²) in [4.78, 5) is 29.3. The third kappa shape index (κ3) is 5.56. The molecule has 1 amide bonds. The standard InChI is InChI=1S/C27H39N3O4/c31-26(23-16-17-3-6-19(23)7-4-17)30-24(27(32)33)11-13-34-22-14-18(15-22)5-9-21-10-8-20-2-1-12-28-25(20)29-21/h8,10,17-19,22-24H,1-7,9,11-16H2,(H,28,29)(H,30,31)(H,32,33)/t17?,18-,19?,22-,23?,24?. The smallest absolute Gasteiger partial charge is 0.326 e. The lowest BCUT2D eigenvalue weighted by molar-refractivity contribution is -0.144. The van der Waals surface area contributed by atoms with Crippen LogP contribution in [0.15, 0.2) is 12.1 Å². The minimum absolute atomic E-state index is 0.00282. The zero-order valence-corrected chi connectivity index (χ0v) is 20.1. The third-order valence-corrected chi connectivity index (χ3v) is 8.71. The van der Waals surface area contributed by atoms with Crippen molar-refractivity contribution >= 4 is 17.7 Å². The fourth-order valence-corrected chi connectivity index (χ4v) is 6.49. The van der Waals surface area contributed by atoms with Crippen molar-refractivity contribution in [2.75, 3.05) is 18.5 Å². The van der Waals surface area contributed by atoms with E-state index in [1.165, 1.54) is 24.8 Å². The highest BCUT2D eigenvalue weighted by atomic mass is 16.5. The number of anilines is 1. The van der Waals surface area contributed by atoms with E-state index >= 15 is 0 Å². The molecule has 186 valence electrons. The molecule has 0 radical (unpaired) electrons. The van der Waals surface area contributed by atoms with Crippen LogP contribution in [-0.4, -0.2) is 47.3 Å². The van der Waals surface area contributed by atoms with Gasteiger partial charge in [0.25, 0.3) is 0 Å². The fourth-order valence-electron chi connectivity index (χ4n) is 6.49. The van der Waals surface area contributed by atoms with E-state index in [1.807, 2.05) is 0 Å². The lowest BCUT2D eigenvalue weighted by Crippen LogP contribution is -2.48. The van der Waals surface area contributed by atoms with Crippen molar-refractivity contribution < 1.29 is 19.4 Å². The molecule has 7 nitrogen and oxygen atoms in total. The monoisotopic (exact) mass is 469 g/mol. The van der Waals surface area contributed by atoms with Crippen LogP contribution in [0.2, 0.25) is 0 Å². The van der Waals surface area contributed by atoms with Gasteiger partial charge in [-0.25, -0.2) is 9.78 Å². The van der Waals surface area contributed by atoms with E-state index in [2.05, 4.69) is 22.8 Å². The molecular weight excluding hydrogens is 430 g/mol. The molecule has 3 N–H and O–H groups in total. The predicted octanol–water partition coefficient (Wildman–Crippen LogP) is 3.95. The highest BCUT2D eigenvalue weighted by Gasteiger charge is 2.40. The van der Waals surface area contributed by atoms with E-state index in [9.17, 15) is 14.7 Å². The van der Waals surface area contributed by atoms with E-state index in [4.69, 9.17) is 9.72 Å². The van der Waals surface area contributed by atoms with Crippen LogP contribution in [0.5, 0.6) is 0 Å². The maximum absolute atomic E-state index is 12.8. The number of ether oxygens (including phenoxy) is 1. The number of fused-ring (bicyclic) bond motifs is 4. The molecule has 5 aliphatic rings. The van der Waals surface area contributed by atoms with E-state index in [-0.39, 0.29) is 17.9 Å². The van der Waals surface area contributed by atoms with E-state index in [0.717, 1.165) is 69.4 Å². The van der Waals surface area contributed by atoms with Gasteiger partial charge in [0.05, 0.1) is 6.10 Å². The van der Waals surface area contributed by atoms with Crippen LogP contribution >= 0.6 is 0 Å². The van der Waals surface area contributed by atoms with E-state index in [1.54, 1.807) is 0 Å². The van der Waals surface area contributed by atoms with Gasteiger partial charge in [-0.1, -0.05) is 18.9 Å². The molecule has 1 aromatic rings. The lowest BCUT2D eigenvalue weighted by Gasteiger charge is -2.41. The predicted molar refractivity (Wildman–Crippen MR) is 130 cm³/mol. The summed E-state index contributed by atoms with van der Waals surface area (Å²) in [5.41, 5.74) is 2.48. The van der Waals surface area contributed by atoms with Gasteiger partial charge in [0.1, 0.15) is 11.9 Å². The Morgan fingerprint density at radius 3 is 2.74 bits per heavy atom. The van der Waals surface area contributed by atoms with Gasteiger partial charge in [-0.05, 0) is 87.2 Å². The number of nitrogens with zero attached hydrogens (tertiary/aromatic N) is 1. The van der Waals surface area contributed by atoms with Gasteiger partial charge in [-0.15, -0.1) is 0 Å². The number of nitrogens with one attached hydrogen (secondary N) is 2. The minimum Gasteiger partial charge on any atom is -0.480 e. The average molecular weight is 470 g/mol. The number of pyridine rings is 1. The first kappa shape index (κ1) is 23.6. The van der Waals surface area contributed by atoms with Crippen LogP contribution in [-0.2, 0) is 27.2 Å². The van der Waals surface area contributed by atoms with Crippen LogP contribution in [0.25, 0.3) is 0 Å². The molecule has 2 unspecified atom stereocenters. The van der Waals surface area contributed by atoms with Gasteiger partial charge in [0.15, 0.2) is 0 Å². The highest BCUT2D eigenvalue weighted by molar-refractivity contribution is 5.85. The van der Waals surface area contributed by atoms with Crippen molar-refractivity contribution in [3.8, 4) is 0 Å². The summed E-state index contributed by atoms with van der Waals surface area (Å²) in [6, 6.07) is 3.53. The Labute approximate surface area is 202 Å². The van der Waals surface area contributed by atoms with Gasteiger partial charge in [-0.3, -0.25) is 4.79 Å². The van der Waals surface area contributed by atoms with Crippen molar-refractivity contribution in [1.82, 2.24) is 10.3 Å². The summed E-state index contributed by atoms with van der Waals surface area (Å²) < 4.78 is 5.95. The van der Waals surface area contributed by atoms with Crippen LogP contribution < -0.4 is 10.6 Å². The van der Waals surface area contributed by atoms with Gasteiger partial charge >= 0.3 is 5.97 Å². The molecule has 4 aliphatic carbocycles. The summed E-state index contributed by atoms with van der Waals surface area (Å²) in [6.45, 7) is 1.39. The van der Waals surface area contributed by atoms with Gasteiger partial charge < -0.3 is 20.5 Å².